The highest BCUT2D eigenvalue weighted by molar-refractivity contribution is 6.21. The van der Waals surface area contributed by atoms with Crippen molar-refractivity contribution in [3.63, 3.8) is 0 Å². The zero-order valence-corrected chi connectivity index (χ0v) is 10.8. The number of carboxylic acid groups (broad SMARTS) is 1. The Morgan fingerprint density at radius 1 is 1.21 bits per heavy atom. The van der Waals surface area contributed by atoms with Crippen LogP contribution in [-0.4, -0.2) is 22.9 Å². The first-order valence-corrected chi connectivity index (χ1v) is 6.10. The van der Waals surface area contributed by atoms with Gasteiger partial charge in [0.1, 0.15) is 0 Å². The van der Waals surface area contributed by atoms with Crippen LogP contribution in [0.25, 0.3) is 0 Å². The molecule has 0 radical (unpaired) electrons. The Bertz CT molecular complexity index is 532. The van der Waals surface area contributed by atoms with Crippen molar-refractivity contribution in [2.45, 2.75) is 20.3 Å². The lowest BCUT2D eigenvalue weighted by Crippen LogP contribution is -2.30. The van der Waals surface area contributed by atoms with E-state index in [1.54, 1.807) is 38.1 Å². The van der Waals surface area contributed by atoms with Crippen LogP contribution in [-0.2, 0) is 20.8 Å². The van der Waals surface area contributed by atoms with Gasteiger partial charge in [0.25, 0.3) is 0 Å². The van der Waals surface area contributed by atoms with E-state index >= 15 is 0 Å². The molecule has 1 saturated heterocycles. The third-order valence-corrected chi connectivity index (χ3v) is 3.49. The normalized spacial score (nSPS) is 22.9. The van der Waals surface area contributed by atoms with Gasteiger partial charge in [0.15, 0.2) is 0 Å². The van der Waals surface area contributed by atoms with Crippen LogP contribution in [0.1, 0.15) is 19.4 Å². The maximum absolute atomic E-state index is 12.0. The molecule has 2 rings (SSSR count). The predicted octanol–water partition coefficient (Wildman–Crippen LogP) is 1.46. The summed E-state index contributed by atoms with van der Waals surface area (Å²) in [5, 5.41) is 8.76. The van der Waals surface area contributed by atoms with Gasteiger partial charge in [-0.2, -0.15) is 0 Å². The van der Waals surface area contributed by atoms with Gasteiger partial charge < -0.3 is 5.11 Å². The first kappa shape index (κ1) is 13.3. The molecular formula is C14H15NO4. The molecule has 2 amide bonds. The van der Waals surface area contributed by atoms with Crippen LogP contribution in [0, 0.1) is 11.8 Å². The van der Waals surface area contributed by atoms with Crippen LogP contribution in [0.4, 0.5) is 5.69 Å². The number of rotatable bonds is 3. The molecule has 5 nitrogen and oxygen atoms in total. The smallest absolute Gasteiger partial charge is 0.307 e. The molecule has 1 aliphatic rings. The van der Waals surface area contributed by atoms with E-state index in [0.717, 1.165) is 4.90 Å². The first-order chi connectivity index (χ1) is 8.91. The molecule has 0 aliphatic carbocycles. The summed E-state index contributed by atoms with van der Waals surface area (Å²) in [6.07, 6.45) is -0.130. The lowest BCUT2D eigenvalue weighted by atomic mass is 10.00. The lowest BCUT2D eigenvalue weighted by molar-refractivity contribution is -0.136. The zero-order chi connectivity index (χ0) is 14.2. The van der Waals surface area contributed by atoms with Gasteiger partial charge in [-0.3, -0.25) is 19.3 Å². The minimum Gasteiger partial charge on any atom is -0.481 e. The fraction of sp³-hybridized carbons (Fsp3) is 0.357. The van der Waals surface area contributed by atoms with Gasteiger partial charge in [0.05, 0.1) is 12.1 Å². The molecule has 100 valence electrons. The molecule has 0 saturated carbocycles. The van der Waals surface area contributed by atoms with E-state index in [1.165, 1.54) is 0 Å². The van der Waals surface area contributed by atoms with Crippen molar-refractivity contribution in [1.29, 1.82) is 0 Å². The second kappa shape index (κ2) is 4.84. The molecule has 5 heteroatoms. The molecule has 1 aromatic carbocycles. The Kier molecular flexibility index (Phi) is 3.38. The van der Waals surface area contributed by atoms with Crippen molar-refractivity contribution in [2.24, 2.45) is 11.8 Å². The largest absolute Gasteiger partial charge is 0.481 e. The summed E-state index contributed by atoms with van der Waals surface area (Å²) >= 11 is 0. The Balaban J connectivity index is 2.34. The summed E-state index contributed by atoms with van der Waals surface area (Å²) in [5.41, 5.74) is 1.02. The Hall–Kier alpha value is -2.17. The summed E-state index contributed by atoms with van der Waals surface area (Å²) < 4.78 is 0. The third kappa shape index (κ3) is 2.36. The Labute approximate surface area is 110 Å². The number of nitrogens with zero attached hydrogens (tertiary/aromatic N) is 1. The summed E-state index contributed by atoms with van der Waals surface area (Å²) in [5.74, 6) is -2.08. The van der Waals surface area contributed by atoms with Gasteiger partial charge in [-0.25, -0.2) is 0 Å². The molecule has 1 heterocycles. The van der Waals surface area contributed by atoms with Crippen molar-refractivity contribution in [2.75, 3.05) is 4.90 Å². The second-order valence-electron chi connectivity index (χ2n) is 4.83. The average molecular weight is 261 g/mol. The number of amides is 2. The van der Waals surface area contributed by atoms with E-state index in [9.17, 15) is 14.4 Å². The SMILES string of the molecule is CC1C(=O)N(c2cccc(CC(=O)O)c2)C(=O)C1C. The molecular weight excluding hydrogens is 246 g/mol. The van der Waals surface area contributed by atoms with Crippen LogP contribution in [0.15, 0.2) is 24.3 Å². The molecule has 0 aromatic heterocycles. The van der Waals surface area contributed by atoms with E-state index in [2.05, 4.69) is 0 Å². The fourth-order valence-corrected chi connectivity index (χ4v) is 2.18. The zero-order valence-electron chi connectivity index (χ0n) is 10.8. The highest BCUT2D eigenvalue weighted by Crippen LogP contribution is 2.30. The number of anilines is 1. The summed E-state index contributed by atoms with van der Waals surface area (Å²) in [6, 6.07) is 6.54. The molecule has 19 heavy (non-hydrogen) atoms. The minimum atomic E-state index is -0.946. The fourth-order valence-electron chi connectivity index (χ4n) is 2.18. The first-order valence-electron chi connectivity index (χ1n) is 6.10. The van der Waals surface area contributed by atoms with E-state index in [0.29, 0.717) is 11.3 Å². The van der Waals surface area contributed by atoms with Crippen LogP contribution in [0.2, 0.25) is 0 Å². The van der Waals surface area contributed by atoms with Crippen LogP contribution < -0.4 is 4.90 Å². The number of benzene rings is 1. The average Bonchev–Trinajstić information content (AvgIpc) is 2.53. The van der Waals surface area contributed by atoms with Crippen molar-refractivity contribution >= 4 is 23.5 Å². The number of carbonyl (C=O) groups is 3. The van der Waals surface area contributed by atoms with E-state index in [1.807, 2.05) is 0 Å². The maximum Gasteiger partial charge on any atom is 0.307 e. The number of carbonyl (C=O) groups excluding carboxylic acids is 2. The van der Waals surface area contributed by atoms with Crippen molar-refractivity contribution in [3.8, 4) is 0 Å². The quantitative estimate of drug-likeness (QED) is 0.836. The third-order valence-electron chi connectivity index (χ3n) is 3.49. The number of imide groups is 1. The Morgan fingerprint density at radius 2 is 1.79 bits per heavy atom. The minimum absolute atomic E-state index is 0.130. The van der Waals surface area contributed by atoms with Crippen LogP contribution in [0.5, 0.6) is 0 Å². The van der Waals surface area contributed by atoms with Crippen molar-refractivity contribution < 1.29 is 19.5 Å². The molecule has 0 spiro atoms. The number of aliphatic carboxylic acids is 1. The van der Waals surface area contributed by atoms with E-state index < -0.39 is 5.97 Å². The second-order valence-corrected chi connectivity index (χ2v) is 4.83. The number of hydrogen-bond acceptors (Lipinski definition) is 3. The van der Waals surface area contributed by atoms with E-state index in [-0.39, 0.29) is 30.1 Å². The molecule has 2 unspecified atom stereocenters. The highest BCUT2D eigenvalue weighted by Gasteiger charge is 2.43. The van der Waals surface area contributed by atoms with Gasteiger partial charge >= 0.3 is 5.97 Å². The molecule has 1 N–H and O–H groups in total. The lowest BCUT2D eigenvalue weighted by Gasteiger charge is -2.15. The standard InChI is InChI=1S/C14H15NO4/c1-8-9(2)14(19)15(13(8)18)11-5-3-4-10(6-11)7-12(16)17/h3-6,8-9H,7H2,1-2H3,(H,16,17). The Morgan fingerprint density at radius 3 is 2.32 bits per heavy atom. The van der Waals surface area contributed by atoms with Crippen molar-refractivity contribution in [3.05, 3.63) is 29.8 Å². The van der Waals surface area contributed by atoms with E-state index in [4.69, 9.17) is 5.11 Å². The molecule has 1 aromatic rings. The van der Waals surface area contributed by atoms with Gasteiger partial charge in [-0.05, 0) is 17.7 Å². The summed E-state index contributed by atoms with van der Waals surface area (Å²) in [6.45, 7) is 3.46. The van der Waals surface area contributed by atoms with Gasteiger partial charge in [0.2, 0.25) is 11.8 Å². The number of carboxylic acids is 1. The van der Waals surface area contributed by atoms with Crippen LogP contribution >= 0.6 is 0 Å². The van der Waals surface area contributed by atoms with Crippen molar-refractivity contribution in [1.82, 2.24) is 0 Å². The van der Waals surface area contributed by atoms with Gasteiger partial charge in [0, 0.05) is 11.8 Å². The maximum atomic E-state index is 12.0. The molecule has 0 bridgehead atoms. The summed E-state index contributed by atoms with van der Waals surface area (Å²) in [4.78, 5) is 35.9. The van der Waals surface area contributed by atoms with Gasteiger partial charge in [-0.1, -0.05) is 26.0 Å². The highest BCUT2D eigenvalue weighted by atomic mass is 16.4. The molecule has 1 aliphatic heterocycles. The monoisotopic (exact) mass is 261 g/mol. The van der Waals surface area contributed by atoms with Gasteiger partial charge in [-0.15, -0.1) is 0 Å². The van der Waals surface area contributed by atoms with Crippen LogP contribution in [0.3, 0.4) is 0 Å². The molecule has 1 fully saturated rings. The topological polar surface area (TPSA) is 74.7 Å². The summed E-state index contributed by atoms with van der Waals surface area (Å²) in [7, 11) is 0. The predicted molar refractivity (Wildman–Crippen MR) is 68.6 cm³/mol. The number of hydrogen-bond donors (Lipinski definition) is 1. The molecule has 2 atom stereocenters.